The molecule has 1 saturated heterocycles. The number of fused-ring (bicyclic) bond motifs is 1. The van der Waals surface area contributed by atoms with Crippen LogP contribution in [-0.2, 0) is 21.4 Å². The van der Waals surface area contributed by atoms with Crippen molar-refractivity contribution in [3.8, 4) is 0 Å². The van der Waals surface area contributed by atoms with Crippen LogP contribution in [0.3, 0.4) is 0 Å². The van der Waals surface area contributed by atoms with Gasteiger partial charge in [0, 0.05) is 38.4 Å². The molecule has 1 fully saturated rings. The van der Waals surface area contributed by atoms with Crippen molar-refractivity contribution in [1.82, 2.24) is 14.8 Å². The molecule has 0 spiro atoms. The number of likely N-dealkylation sites (tertiary alicyclic amines) is 1. The summed E-state index contributed by atoms with van der Waals surface area (Å²) in [5.41, 5.74) is 2.55. The van der Waals surface area contributed by atoms with E-state index in [2.05, 4.69) is 36.3 Å². The fourth-order valence-electron chi connectivity index (χ4n) is 5.42. The van der Waals surface area contributed by atoms with Crippen molar-refractivity contribution in [3.63, 3.8) is 0 Å². The Labute approximate surface area is 208 Å². The van der Waals surface area contributed by atoms with Gasteiger partial charge in [0.15, 0.2) is 6.04 Å². The number of nitrogens with zero attached hydrogens (tertiary/aromatic N) is 3. The number of amides is 2. The number of alkyl halides is 3. The lowest BCUT2D eigenvalue weighted by Gasteiger charge is -2.33. The monoisotopic (exact) mass is 504 g/mol. The topological polar surface area (TPSA) is 85.8 Å². The summed E-state index contributed by atoms with van der Waals surface area (Å²) in [5.74, 6) is -1.37. The molecule has 2 amide bonds. The van der Waals surface area contributed by atoms with Crippen LogP contribution in [0, 0.1) is 0 Å². The lowest BCUT2D eigenvalue weighted by Crippen LogP contribution is -2.49. The van der Waals surface area contributed by atoms with Gasteiger partial charge in [0.2, 0.25) is 11.8 Å². The second-order valence-electron chi connectivity index (χ2n) is 10.2. The summed E-state index contributed by atoms with van der Waals surface area (Å²) < 4.78 is 42.4. The molecular weight excluding hydrogens is 473 g/mol. The Hall–Kier alpha value is -3.14. The molecule has 36 heavy (non-hydrogen) atoms. The number of likely N-dealkylation sites (N-methyl/N-ethyl adjacent to an activating group) is 1. The molecule has 2 aromatic rings. The second-order valence-corrected chi connectivity index (χ2v) is 10.2. The van der Waals surface area contributed by atoms with E-state index in [9.17, 15) is 27.9 Å². The Kier molecular flexibility index (Phi) is 6.76. The van der Waals surface area contributed by atoms with Crippen LogP contribution >= 0.6 is 0 Å². The zero-order valence-corrected chi connectivity index (χ0v) is 20.7. The van der Waals surface area contributed by atoms with Gasteiger partial charge in [0.25, 0.3) is 0 Å². The van der Waals surface area contributed by atoms with Crippen molar-refractivity contribution in [2.75, 3.05) is 18.9 Å². The number of anilines is 1. The molecule has 2 aliphatic rings. The number of rotatable bonds is 5. The number of hydrogen-bond donors (Lipinski definition) is 2. The maximum atomic E-state index is 14.1. The minimum Gasteiger partial charge on any atom is -0.391 e. The summed E-state index contributed by atoms with van der Waals surface area (Å²) in [6, 6.07) is 7.56. The molecule has 2 heterocycles. The molecule has 1 aliphatic heterocycles. The van der Waals surface area contributed by atoms with E-state index in [0.717, 1.165) is 18.4 Å². The van der Waals surface area contributed by atoms with Gasteiger partial charge in [-0.15, -0.1) is 0 Å². The van der Waals surface area contributed by atoms with Crippen LogP contribution in [0.25, 0.3) is 0 Å². The van der Waals surface area contributed by atoms with E-state index in [-0.39, 0.29) is 30.1 Å². The van der Waals surface area contributed by atoms with Gasteiger partial charge in [-0.1, -0.05) is 38.1 Å². The van der Waals surface area contributed by atoms with E-state index in [1.165, 1.54) is 30.3 Å². The number of aliphatic hydroxyl groups is 1. The van der Waals surface area contributed by atoms with Gasteiger partial charge in [0.1, 0.15) is 6.04 Å². The van der Waals surface area contributed by atoms with Crippen LogP contribution < -0.4 is 5.32 Å². The summed E-state index contributed by atoms with van der Waals surface area (Å²) in [6.45, 7) is 5.39. The molecule has 4 rings (SSSR count). The van der Waals surface area contributed by atoms with E-state index in [0.29, 0.717) is 10.6 Å². The Balaban J connectivity index is 1.53. The number of nitrogens with one attached hydrogen (secondary N) is 1. The normalized spacial score (nSPS) is 23.8. The van der Waals surface area contributed by atoms with Gasteiger partial charge in [-0.3, -0.25) is 14.6 Å². The zero-order valence-electron chi connectivity index (χ0n) is 20.7. The zero-order chi connectivity index (χ0) is 26.4. The van der Waals surface area contributed by atoms with E-state index in [1.54, 1.807) is 6.07 Å². The summed E-state index contributed by atoms with van der Waals surface area (Å²) in [5, 5.41) is 13.3. The maximum absolute atomic E-state index is 14.1. The average molecular weight is 505 g/mol. The molecular formula is C26H31F3N4O3. The molecule has 7 nitrogen and oxygen atoms in total. The smallest absolute Gasteiger partial charge is 0.391 e. The highest BCUT2D eigenvalue weighted by Gasteiger charge is 2.49. The first-order valence-electron chi connectivity index (χ1n) is 11.9. The molecule has 194 valence electrons. The summed E-state index contributed by atoms with van der Waals surface area (Å²) >= 11 is 0. The number of carbonyl (C=O) groups is 2. The molecule has 4 atom stereocenters. The largest absolute Gasteiger partial charge is 0.414 e. The lowest BCUT2D eigenvalue weighted by molar-refractivity contribution is -0.191. The minimum atomic E-state index is -4.79. The Morgan fingerprint density at radius 3 is 2.50 bits per heavy atom. The average Bonchev–Trinajstić information content (AvgIpc) is 3.31. The Morgan fingerprint density at radius 2 is 1.92 bits per heavy atom. The fourth-order valence-corrected chi connectivity index (χ4v) is 5.42. The van der Waals surface area contributed by atoms with Gasteiger partial charge in [0.05, 0.1) is 23.7 Å². The highest BCUT2D eigenvalue weighted by atomic mass is 19.4. The van der Waals surface area contributed by atoms with Crippen molar-refractivity contribution in [1.29, 1.82) is 0 Å². The van der Waals surface area contributed by atoms with Gasteiger partial charge in [-0.2, -0.15) is 13.2 Å². The summed E-state index contributed by atoms with van der Waals surface area (Å²) in [7, 11) is 1.05. The standard InChI is InChI=1S/C26H31F3N4O3/c1-15(34)33-14-18(35)12-21(33)24(36)32(4)23(26(27,28)29)20-10-9-17(13-30-20)31-22-11-16-7-5-6-8-19(16)25(22,2)3/h5-10,13,18,21-23,31,35H,11-12,14H2,1-4H3/t18-,21+,22-,23+/m1/s1. The fraction of sp³-hybridized carbons (Fsp3) is 0.500. The predicted octanol–water partition coefficient (Wildman–Crippen LogP) is 3.44. The third kappa shape index (κ3) is 4.78. The third-order valence-electron chi connectivity index (χ3n) is 7.43. The van der Waals surface area contributed by atoms with Crippen LogP contribution in [-0.4, -0.2) is 69.7 Å². The number of aliphatic hydroxyl groups excluding tert-OH is 1. The number of β-amino-alcohol motifs (C(OH)–C–C–N with tert-alkyl or cyclic N) is 1. The molecule has 0 bridgehead atoms. The second kappa shape index (κ2) is 9.38. The van der Waals surface area contributed by atoms with Crippen molar-refractivity contribution >= 4 is 17.5 Å². The van der Waals surface area contributed by atoms with Crippen LogP contribution in [0.2, 0.25) is 0 Å². The Bertz CT molecular complexity index is 1140. The number of carbonyl (C=O) groups excluding carboxylic acids is 2. The number of halogens is 3. The van der Waals surface area contributed by atoms with E-state index in [4.69, 9.17) is 0 Å². The first-order chi connectivity index (χ1) is 16.8. The molecule has 2 N–H and O–H groups in total. The minimum absolute atomic E-state index is 0.0385. The Morgan fingerprint density at radius 1 is 1.22 bits per heavy atom. The number of aromatic nitrogens is 1. The molecule has 0 unspecified atom stereocenters. The van der Waals surface area contributed by atoms with Crippen LogP contribution in [0.1, 0.15) is 50.1 Å². The van der Waals surface area contributed by atoms with Crippen molar-refractivity contribution in [2.24, 2.45) is 0 Å². The van der Waals surface area contributed by atoms with Gasteiger partial charge in [-0.05, 0) is 29.7 Å². The highest BCUT2D eigenvalue weighted by molar-refractivity contribution is 5.87. The quantitative estimate of drug-likeness (QED) is 0.652. The van der Waals surface area contributed by atoms with Gasteiger partial charge >= 0.3 is 6.18 Å². The van der Waals surface area contributed by atoms with Gasteiger partial charge < -0.3 is 20.2 Å². The predicted molar refractivity (Wildman–Crippen MR) is 128 cm³/mol. The molecule has 1 aromatic heterocycles. The first-order valence-corrected chi connectivity index (χ1v) is 11.9. The molecule has 1 aliphatic carbocycles. The SMILES string of the molecule is CC(=O)N1C[C@H](O)C[C@H]1C(=O)N(C)[C@@H](c1ccc(N[C@@H]2Cc3ccccc3C2(C)C)cn1)C(F)(F)F. The molecule has 1 aromatic carbocycles. The van der Waals surface area contributed by atoms with Gasteiger partial charge in [-0.25, -0.2) is 0 Å². The first kappa shape index (κ1) is 25.9. The molecule has 0 radical (unpaired) electrons. The van der Waals surface area contributed by atoms with Crippen molar-refractivity contribution in [2.45, 2.75) is 69.4 Å². The van der Waals surface area contributed by atoms with Crippen LogP contribution in [0.5, 0.6) is 0 Å². The van der Waals surface area contributed by atoms with E-state index < -0.39 is 36.2 Å². The number of hydrogen-bond acceptors (Lipinski definition) is 5. The van der Waals surface area contributed by atoms with E-state index >= 15 is 0 Å². The summed E-state index contributed by atoms with van der Waals surface area (Å²) in [4.78, 5) is 30.7. The third-order valence-corrected chi connectivity index (χ3v) is 7.43. The van der Waals surface area contributed by atoms with Crippen molar-refractivity contribution in [3.05, 3.63) is 59.4 Å². The molecule has 10 heteroatoms. The summed E-state index contributed by atoms with van der Waals surface area (Å²) in [6.07, 6.45) is -3.72. The molecule has 0 saturated carbocycles. The number of benzene rings is 1. The maximum Gasteiger partial charge on any atom is 0.414 e. The van der Waals surface area contributed by atoms with Crippen molar-refractivity contribution < 1.29 is 27.9 Å². The van der Waals surface area contributed by atoms with Crippen LogP contribution in [0.15, 0.2) is 42.6 Å². The number of pyridine rings is 1. The van der Waals surface area contributed by atoms with E-state index in [1.807, 2.05) is 12.1 Å². The van der Waals surface area contributed by atoms with Crippen LogP contribution in [0.4, 0.5) is 18.9 Å². The lowest BCUT2D eigenvalue weighted by atomic mass is 9.83. The highest BCUT2D eigenvalue weighted by Crippen LogP contribution is 2.41.